The number of benzene rings is 1. The molecule has 2 amide bonds. The first-order chi connectivity index (χ1) is 9.58. The largest absolute Gasteiger partial charge is 0.396 e. The second-order valence-corrected chi connectivity index (χ2v) is 5.79. The van der Waals surface area contributed by atoms with Crippen LogP contribution in [0.5, 0.6) is 0 Å². The molecule has 0 unspecified atom stereocenters. The van der Waals surface area contributed by atoms with E-state index in [1.54, 1.807) is 0 Å². The number of rotatable bonds is 3. The number of hydrogen-bond donors (Lipinski definition) is 2. The molecule has 0 saturated carbocycles. The van der Waals surface area contributed by atoms with Crippen LogP contribution in [0.4, 0.5) is 10.5 Å². The zero-order valence-corrected chi connectivity index (χ0v) is 12.4. The first-order valence-corrected chi connectivity index (χ1v) is 7.32. The van der Waals surface area contributed by atoms with Crippen LogP contribution in [-0.4, -0.2) is 35.7 Å². The van der Waals surface area contributed by atoms with Gasteiger partial charge in [0.1, 0.15) is 0 Å². The molecule has 4 nitrogen and oxygen atoms in total. The van der Waals surface area contributed by atoms with E-state index in [1.807, 2.05) is 36.1 Å². The van der Waals surface area contributed by atoms with E-state index >= 15 is 0 Å². The van der Waals surface area contributed by atoms with Gasteiger partial charge in [-0.2, -0.15) is 0 Å². The molecule has 1 heterocycles. The number of carbonyl (C=O) groups is 1. The van der Waals surface area contributed by atoms with E-state index < -0.39 is 0 Å². The molecule has 1 saturated heterocycles. The van der Waals surface area contributed by atoms with Gasteiger partial charge in [-0.3, -0.25) is 0 Å². The van der Waals surface area contributed by atoms with Crippen LogP contribution >= 0.6 is 0 Å². The summed E-state index contributed by atoms with van der Waals surface area (Å²) in [4.78, 5) is 14.0. The van der Waals surface area contributed by atoms with Gasteiger partial charge in [0.25, 0.3) is 0 Å². The Kier molecular flexibility index (Phi) is 4.65. The van der Waals surface area contributed by atoms with Crippen LogP contribution in [0.25, 0.3) is 0 Å². The lowest BCUT2D eigenvalue weighted by atomic mass is 9.77. The minimum absolute atomic E-state index is 0.0145. The average molecular weight is 276 g/mol. The van der Waals surface area contributed by atoms with E-state index in [4.69, 9.17) is 0 Å². The molecular weight excluding hydrogens is 252 g/mol. The van der Waals surface area contributed by atoms with E-state index in [0.29, 0.717) is 13.1 Å². The van der Waals surface area contributed by atoms with E-state index in [-0.39, 0.29) is 18.1 Å². The third-order valence-electron chi connectivity index (χ3n) is 4.50. The Morgan fingerprint density at radius 1 is 1.30 bits per heavy atom. The minimum Gasteiger partial charge on any atom is -0.396 e. The molecule has 0 atom stereocenters. The van der Waals surface area contributed by atoms with Gasteiger partial charge in [-0.25, -0.2) is 4.79 Å². The summed E-state index contributed by atoms with van der Waals surface area (Å²) in [5.74, 6) is 0. The number of nitrogens with zero attached hydrogens (tertiary/aromatic N) is 1. The summed E-state index contributed by atoms with van der Waals surface area (Å²) in [5, 5.41) is 12.4. The minimum atomic E-state index is -0.0449. The summed E-state index contributed by atoms with van der Waals surface area (Å²) in [6, 6.07) is 7.76. The molecule has 0 aliphatic carbocycles. The van der Waals surface area contributed by atoms with Gasteiger partial charge in [0.05, 0.1) is 0 Å². The summed E-state index contributed by atoms with van der Waals surface area (Å²) in [7, 11) is 0. The van der Waals surface area contributed by atoms with Gasteiger partial charge in [0, 0.05) is 25.4 Å². The molecule has 20 heavy (non-hydrogen) atoms. The van der Waals surface area contributed by atoms with Gasteiger partial charge in [0.15, 0.2) is 0 Å². The van der Waals surface area contributed by atoms with Crippen LogP contribution in [0, 0.1) is 12.3 Å². The molecule has 0 radical (unpaired) electrons. The van der Waals surface area contributed by atoms with Crippen molar-refractivity contribution in [2.24, 2.45) is 5.41 Å². The average Bonchev–Trinajstić information content (AvgIpc) is 2.49. The highest BCUT2D eigenvalue weighted by atomic mass is 16.3. The topological polar surface area (TPSA) is 52.6 Å². The maximum atomic E-state index is 12.2. The molecule has 1 aliphatic rings. The first-order valence-electron chi connectivity index (χ1n) is 7.32. The van der Waals surface area contributed by atoms with E-state index in [1.165, 1.54) is 5.56 Å². The number of nitrogens with one attached hydrogen (secondary N) is 1. The molecule has 0 aromatic heterocycles. The van der Waals surface area contributed by atoms with Crippen molar-refractivity contribution < 1.29 is 9.90 Å². The fourth-order valence-electron chi connectivity index (χ4n) is 2.65. The highest BCUT2D eigenvalue weighted by molar-refractivity contribution is 5.89. The van der Waals surface area contributed by atoms with Crippen LogP contribution in [0.3, 0.4) is 0 Å². The Balaban J connectivity index is 1.90. The first kappa shape index (κ1) is 14.9. The highest BCUT2D eigenvalue weighted by Gasteiger charge is 2.33. The number of aliphatic hydroxyl groups is 1. The molecule has 2 N–H and O–H groups in total. The van der Waals surface area contributed by atoms with Crippen molar-refractivity contribution in [3.8, 4) is 0 Å². The van der Waals surface area contributed by atoms with Crippen LogP contribution in [0.15, 0.2) is 24.3 Å². The number of carbonyl (C=O) groups excluding carboxylic acids is 1. The molecule has 2 rings (SSSR count). The van der Waals surface area contributed by atoms with Crippen LogP contribution in [-0.2, 0) is 0 Å². The molecule has 4 heteroatoms. The standard InChI is InChI=1S/C16H24N2O2/c1-3-16(12-19)8-10-18(11-9-16)15(20)17-14-6-4-13(2)5-7-14/h4-7,19H,3,8-12H2,1-2H3,(H,17,20). The van der Waals surface area contributed by atoms with Crippen LogP contribution in [0.2, 0.25) is 0 Å². The molecule has 1 aliphatic heterocycles. The number of anilines is 1. The molecule has 110 valence electrons. The van der Waals surface area contributed by atoms with Gasteiger partial charge >= 0.3 is 6.03 Å². The second kappa shape index (κ2) is 6.27. The third-order valence-corrected chi connectivity index (χ3v) is 4.50. The third kappa shape index (κ3) is 3.31. The maximum Gasteiger partial charge on any atom is 0.321 e. The van der Waals surface area contributed by atoms with E-state index in [9.17, 15) is 9.90 Å². The molecule has 1 fully saturated rings. The summed E-state index contributed by atoms with van der Waals surface area (Å²) in [6.45, 7) is 5.78. The Bertz CT molecular complexity index is 442. The zero-order chi connectivity index (χ0) is 14.6. The monoisotopic (exact) mass is 276 g/mol. The molecule has 0 bridgehead atoms. The lowest BCUT2D eigenvalue weighted by Gasteiger charge is -2.40. The predicted molar refractivity (Wildman–Crippen MR) is 80.8 cm³/mol. The Morgan fingerprint density at radius 2 is 1.90 bits per heavy atom. The summed E-state index contributed by atoms with van der Waals surface area (Å²) in [5.41, 5.74) is 2.02. The number of piperidine rings is 1. The van der Waals surface area contributed by atoms with Gasteiger partial charge in [-0.15, -0.1) is 0 Å². The van der Waals surface area contributed by atoms with Crippen molar-refractivity contribution in [1.29, 1.82) is 0 Å². The summed E-state index contributed by atoms with van der Waals surface area (Å²) < 4.78 is 0. The smallest absolute Gasteiger partial charge is 0.321 e. The van der Waals surface area contributed by atoms with Crippen LogP contribution in [0.1, 0.15) is 31.7 Å². The lowest BCUT2D eigenvalue weighted by Crippen LogP contribution is -2.46. The van der Waals surface area contributed by atoms with Gasteiger partial charge in [0.2, 0.25) is 0 Å². The van der Waals surface area contributed by atoms with Crippen molar-refractivity contribution in [2.45, 2.75) is 33.1 Å². The van der Waals surface area contributed by atoms with Crippen molar-refractivity contribution in [1.82, 2.24) is 4.90 Å². The number of hydrogen-bond acceptors (Lipinski definition) is 2. The number of aliphatic hydroxyl groups excluding tert-OH is 1. The fraction of sp³-hybridized carbons (Fsp3) is 0.562. The molecule has 0 spiro atoms. The molecular formula is C16H24N2O2. The summed E-state index contributed by atoms with van der Waals surface area (Å²) in [6.07, 6.45) is 2.72. The fourth-order valence-corrected chi connectivity index (χ4v) is 2.65. The normalized spacial score (nSPS) is 17.9. The number of amides is 2. The molecule has 1 aromatic rings. The van der Waals surface area contributed by atoms with E-state index in [0.717, 1.165) is 24.9 Å². The summed E-state index contributed by atoms with van der Waals surface area (Å²) >= 11 is 0. The highest BCUT2D eigenvalue weighted by Crippen LogP contribution is 2.34. The number of likely N-dealkylation sites (tertiary alicyclic amines) is 1. The zero-order valence-electron chi connectivity index (χ0n) is 12.4. The SMILES string of the molecule is CCC1(CO)CCN(C(=O)Nc2ccc(C)cc2)CC1. The Hall–Kier alpha value is -1.55. The van der Waals surface area contributed by atoms with Gasteiger partial charge in [-0.05, 0) is 43.7 Å². The molecule has 1 aromatic carbocycles. The predicted octanol–water partition coefficient (Wildman–Crippen LogP) is 3.01. The Morgan fingerprint density at radius 3 is 2.40 bits per heavy atom. The van der Waals surface area contributed by atoms with Crippen molar-refractivity contribution in [3.63, 3.8) is 0 Å². The number of urea groups is 1. The van der Waals surface area contributed by atoms with Crippen molar-refractivity contribution in [2.75, 3.05) is 25.0 Å². The van der Waals surface area contributed by atoms with Crippen molar-refractivity contribution >= 4 is 11.7 Å². The van der Waals surface area contributed by atoms with E-state index in [2.05, 4.69) is 12.2 Å². The Labute approximate surface area is 120 Å². The quantitative estimate of drug-likeness (QED) is 0.891. The van der Waals surface area contributed by atoms with Crippen molar-refractivity contribution in [3.05, 3.63) is 29.8 Å². The lowest BCUT2D eigenvalue weighted by molar-refractivity contribution is 0.0542. The second-order valence-electron chi connectivity index (χ2n) is 5.79. The van der Waals surface area contributed by atoms with Gasteiger partial charge < -0.3 is 15.3 Å². The van der Waals surface area contributed by atoms with Gasteiger partial charge in [-0.1, -0.05) is 24.6 Å². The maximum absolute atomic E-state index is 12.2. The van der Waals surface area contributed by atoms with Crippen LogP contribution < -0.4 is 5.32 Å². The number of aryl methyl sites for hydroxylation is 1.